The van der Waals surface area contributed by atoms with Crippen molar-refractivity contribution < 1.29 is 9.47 Å². The van der Waals surface area contributed by atoms with Crippen LogP contribution in [0.5, 0.6) is 11.5 Å². The van der Waals surface area contributed by atoms with Gasteiger partial charge in [0.05, 0.1) is 18.9 Å². The molecule has 2 aromatic rings. The Kier molecular flexibility index (Phi) is 2.76. The normalized spacial score (nSPS) is 14.0. The first-order valence-electron chi connectivity index (χ1n) is 5.94. The summed E-state index contributed by atoms with van der Waals surface area (Å²) in [6.45, 7) is 1.38. The summed E-state index contributed by atoms with van der Waals surface area (Å²) in [4.78, 5) is 4.31. The number of pyridine rings is 1. The largest absolute Gasteiger partial charge is 0.490 e. The van der Waals surface area contributed by atoms with Crippen LogP contribution in [0.15, 0.2) is 36.5 Å². The molecule has 2 heterocycles. The highest BCUT2D eigenvalue weighted by molar-refractivity contribution is 5.66. The summed E-state index contributed by atoms with van der Waals surface area (Å²) < 4.78 is 11.2. The van der Waals surface area contributed by atoms with E-state index in [0.717, 1.165) is 29.2 Å². The van der Waals surface area contributed by atoms with Crippen molar-refractivity contribution in [3.63, 3.8) is 0 Å². The van der Waals surface area contributed by atoms with Crippen molar-refractivity contribution in [1.82, 2.24) is 4.98 Å². The number of ether oxygens (including phenoxy) is 2. The predicted molar refractivity (Wildman–Crippen MR) is 69.7 cm³/mol. The van der Waals surface area contributed by atoms with Crippen LogP contribution in [0.2, 0.25) is 0 Å². The van der Waals surface area contributed by atoms with Crippen LogP contribution >= 0.6 is 0 Å². The Morgan fingerprint density at radius 3 is 2.67 bits per heavy atom. The van der Waals surface area contributed by atoms with Crippen LogP contribution in [0.4, 0.5) is 5.69 Å². The van der Waals surface area contributed by atoms with Crippen molar-refractivity contribution in [2.75, 3.05) is 18.9 Å². The van der Waals surface area contributed by atoms with Crippen molar-refractivity contribution in [3.8, 4) is 22.8 Å². The van der Waals surface area contributed by atoms with Crippen molar-refractivity contribution >= 4 is 5.69 Å². The summed E-state index contributed by atoms with van der Waals surface area (Å²) in [5, 5.41) is 0. The topological polar surface area (TPSA) is 57.4 Å². The number of fused-ring (bicyclic) bond motifs is 1. The summed E-state index contributed by atoms with van der Waals surface area (Å²) in [5.41, 5.74) is 8.28. The molecular weight excluding hydrogens is 228 g/mol. The lowest BCUT2D eigenvalue weighted by atomic mass is 10.1. The van der Waals surface area contributed by atoms with Gasteiger partial charge < -0.3 is 15.2 Å². The maximum absolute atomic E-state index is 5.76. The Bertz CT molecular complexity index is 569. The van der Waals surface area contributed by atoms with Gasteiger partial charge in [0.25, 0.3) is 0 Å². The minimum atomic E-state index is 0.681. The van der Waals surface area contributed by atoms with Gasteiger partial charge in [-0.15, -0.1) is 0 Å². The molecule has 0 spiro atoms. The molecule has 0 amide bonds. The highest BCUT2D eigenvalue weighted by atomic mass is 16.5. The molecule has 1 aromatic heterocycles. The first-order chi connectivity index (χ1) is 8.83. The molecule has 1 aromatic carbocycles. The molecule has 0 saturated carbocycles. The van der Waals surface area contributed by atoms with E-state index >= 15 is 0 Å². The number of nitrogen functional groups attached to an aromatic ring is 1. The molecule has 0 fully saturated rings. The molecule has 0 bridgehead atoms. The number of nitrogens with two attached hydrogens (primary N) is 1. The summed E-state index contributed by atoms with van der Waals surface area (Å²) >= 11 is 0. The highest BCUT2D eigenvalue weighted by Gasteiger charge is 2.11. The van der Waals surface area contributed by atoms with Crippen molar-refractivity contribution in [2.45, 2.75) is 6.42 Å². The quantitative estimate of drug-likeness (QED) is 0.834. The van der Waals surface area contributed by atoms with Gasteiger partial charge in [-0.05, 0) is 30.3 Å². The Morgan fingerprint density at radius 2 is 1.83 bits per heavy atom. The maximum atomic E-state index is 5.76. The number of aromatic nitrogens is 1. The molecule has 0 radical (unpaired) electrons. The molecular formula is C14H14N2O2. The first-order valence-corrected chi connectivity index (χ1v) is 5.94. The van der Waals surface area contributed by atoms with Crippen LogP contribution in [-0.4, -0.2) is 18.2 Å². The van der Waals surface area contributed by atoms with Crippen LogP contribution < -0.4 is 15.2 Å². The summed E-state index contributed by atoms with van der Waals surface area (Å²) in [7, 11) is 0. The third-order valence-corrected chi connectivity index (χ3v) is 2.83. The number of hydrogen-bond donors (Lipinski definition) is 1. The van der Waals surface area contributed by atoms with Crippen LogP contribution in [0.1, 0.15) is 6.42 Å². The second kappa shape index (κ2) is 4.56. The van der Waals surface area contributed by atoms with E-state index in [0.29, 0.717) is 18.9 Å². The van der Waals surface area contributed by atoms with Crippen LogP contribution in [0.3, 0.4) is 0 Å². The Balaban J connectivity index is 2.01. The van der Waals surface area contributed by atoms with Crippen LogP contribution in [0, 0.1) is 0 Å². The third kappa shape index (κ3) is 2.09. The Hall–Kier alpha value is -2.23. The van der Waals surface area contributed by atoms with Gasteiger partial charge in [0.1, 0.15) is 0 Å². The van der Waals surface area contributed by atoms with E-state index < -0.39 is 0 Å². The first kappa shape index (κ1) is 10.9. The standard InChI is InChI=1S/C14H14N2O2/c15-11-4-5-16-12(9-11)10-2-3-13-14(8-10)18-7-1-6-17-13/h2-5,8-9H,1,6-7H2,(H2,15,16). The second-order valence-electron chi connectivity index (χ2n) is 4.19. The number of rotatable bonds is 1. The average molecular weight is 242 g/mol. The molecule has 1 aliphatic rings. The monoisotopic (exact) mass is 242 g/mol. The molecule has 4 nitrogen and oxygen atoms in total. The van der Waals surface area contributed by atoms with Crippen molar-refractivity contribution in [2.24, 2.45) is 0 Å². The molecule has 3 rings (SSSR count). The van der Waals surface area contributed by atoms with E-state index in [1.165, 1.54) is 0 Å². The molecule has 92 valence electrons. The Morgan fingerprint density at radius 1 is 1.00 bits per heavy atom. The van der Waals surface area contributed by atoms with Gasteiger partial charge in [0, 0.05) is 23.9 Å². The van der Waals surface area contributed by atoms with Crippen molar-refractivity contribution in [3.05, 3.63) is 36.5 Å². The van der Waals surface area contributed by atoms with E-state index in [1.54, 1.807) is 12.3 Å². The van der Waals surface area contributed by atoms with E-state index in [9.17, 15) is 0 Å². The zero-order valence-electron chi connectivity index (χ0n) is 9.93. The second-order valence-corrected chi connectivity index (χ2v) is 4.19. The zero-order chi connectivity index (χ0) is 12.4. The van der Waals surface area contributed by atoms with Gasteiger partial charge >= 0.3 is 0 Å². The number of benzene rings is 1. The van der Waals surface area contributed by atoms with E-state index in [2.05, 4.69) is 4.98 Å². The molecule has 0 unspecified atom stereocenters. The molecule has 1 aliphatic heterocycles. The lowest BCUT2D eigenvalue weighted by molar-refractivity contribution is 0.297. The van der Waals surface area contributed by atoms with Gasteiger partial charge in [0.2, 0.25) is 0 Å². The van der Waals surface area contributed by atoms with Gasteiger partial charge in [-0.2, -0.15) is 0 Å². The fraction of sp³-hybridized carbons (Fsp3) is 0.214. The lowest BCUT2D eigenvalue weighted by Crippen LogP contribution is -1.97. The maximum Gasteiger partial charge on any atom is 0.161 e. The predicted octanol–water partition coefficient (Wildman–Crippen LogP) is 2.49. The average Bonchev–Trinajstić information content (AvgIpc) is 2.63. The third-order valence-electron chi connectivity index (χ3n) is 2.83. The summed E-state index contributed by atoms with van der Waals surface area (Å²) in [6, 6.07) is 9.45. The lowest BCUT2D eigenvalue weighted by Gasteiger charge is -2.09. The summed E-state index contributed by atoms with van der Waals surface area (Å²) in [6.07, 6.45) is 2.61. The van der Waals surface area contributed by atoms with Crippen molar-refractivity contribution in [1.29, 1.82) is 0 Å². The molecule has 0 aliphatic carbocycles. The van der Waals surface area contributed by atoms with Gasteiger partial charge in [-0.1, -0.05) is 0 Å². The molecule has 2 N–H and O–H groups in total. The minimum Gasteiger partial charge on any atom is -0.490 e. The fourth-order valence-corrected chi connectivity index (χ4v) is 1.93. The van der Waals surface area contributed by atoms with Gasteiger partial charge in [-0.25, -0.2) is 0 Å². The Labute approximate surface area is 105 Å². The number of nitrogens with zero attached hydrogens (tertiary/aromatic N) is 1. The molecule has 4 heteroatoms. The smallest absolute Gasteiger partial charge is 0.161 e. The molecule has 18 heavy (non-hydrogen) atoms. The van der Waals surface area contributed by atoms with Crippen LogP contribution in [0.25, 0.3) is 11.3 Å². The summed E-state index contributed by atoms with van der Waals surface area (Å²) in [5.74, 6) is 1.56. The van der Waals surface area contributed by atoms with E-state index in [-0.39, 0.29) is 0 Å². The SMILES string of the molecule is Nc1ccnc(-c2ccc3c(c2)OCCCO3)c1. The van der Waals surface area contributed by atoms with E-state index in [4.69, 9.17) is 15.2 Å². The number of anilines is 1. The van der Waals surface area contributed by atoms with E-state index in [1.807, 2.05) is 24.3 Å². The van der Waals surface area contributed by atoms with Gasteiger partial charge in [-0.3, -0.25) is 4.98 Å². The molecule has 0 atom stereocenters. The zero-order valence-corrected chi connectivity index (χ0v) is 9.93. The molecule has 0 saturated heterocycles. The number of hydrogen-bond acceptors (Lipinski definition) is 4. The minimum absolute atomic E-state index is 0.681. The highest BCUT2D eigenvalue weighted by Crippen LogP contribution is 2.33. The van der Waals surface area contributed by atoms with Gasteiger partial charge in [0.15, 0.2) is 11.5 Å². The fourth-order valence-electron chi connectivity index (χ4n) is 1.93. The van der Waals surface area contributed by atoms with Crippen LogP contribution in [-0.2, 0) is 0 Å².